The lowest BCUT2D eigenvalue weighted by Crippen LogP contribution is -2.36. The Morgan fingerprint density at radius 1 is 1.16 bits per heavy atom. The third-order valence-corrected chi connectivity index (χ3v) is 3.85. The van der Waals surface area contributed by atoms with Crippen LogP contribution in [0.25, 0.3) is 0 Å². The molecule has 1 aromatic carbocycles. The number of hydrogen-bond donors (Lipinski definition) is 1. The Morgan fingerprint density at radius 2 is 1.79 bits per heavy atom. The van der Waals surface area contributed by atoms with E-state index >= 15 is 0 Å². The van der Waals surface area contributed by atoms with E-state index in [1.165, 1.54) is 11.1 Å². The first-order valence-electron chi connectivity index (χ1n) is 7.36. The van der Waals surface area contributed by atoms with Crippen molar-refractivity contribution in [3.8, 4) is 0 Å². The quantitative estimate of drug-likeness (QED) is 0.852. The lowest BCUT2D eigenvalue weighted by Gasteiger charge is -2.31. The van der Waals surface area contributed by atoms with Crippen molar-refractivity contribution >= 4 is 0 Å². The van der Waals surface area contributed by atoms with Crippen molar-refractivity contribution in [2.45, 2.75) is 38.9 Å². The van der Waals surface area contributed by atoms with Crippen LogP contribution in [0.3, 0.4) is 0 Å². The van der Waals surface area contributed by atoms with Gasteiger partial charge in [0.05, 0.1) is 0 Å². The number of nitrogens with one attached hydrogen (secondary N) is 1. The first-order valence-corrected chi connectivity index (χ1v) is 7.36. The SMILES string of the molecule is CCNCc1ccc(CN(C)C2CCOCC2)cc1. The molecule has 0 amide bonds. The summed E-state index contributed by atoms with van der Waals surface area (Å²) in [5, 5.41) is 3.35. The maximum atomic E-state index is 5.42. The van der Waals surface area contributed by atoms with E-state index in [0.717, 1.165) is 45.7 Å². The van der Waals surface area contributed by atoms with Crippen LogP contribution in [0, 0.1) is 0 Å². The van der Waals surface area contributed by atoms with E-state index in [2.05, 4.69) is 48.5 Å². The molecule has 0 radical (unpaired) electrons. The zero-order valence-electron chi connectivity index (χ0n) is 12.2. The van der Waals surface area contributed by atoms with Gasteiger partial charge in [0.25, 0.3) is 0 Å². The van der Waals surface area contributed by atoms with Crippen molar-refractivity contribution in [1.29, 1.82) is 0 Å². The third kappa shape index (κ3) is 4.60. The van der Waals surface area contributed by atoms with Crippen molar-refractivity contribution in [1.82, 2.24) is 10.2 Å². The van der Waals surface area contributed by atoms with Crippen molar-refractivity contribution in [2.75, 3.05) is 26.8 Å². The first-order chi connectivity index (χ1) is 9.29. The molecule has 1 saturated heterocycles. The van der Waals surface area contributed by atoms with Crippen LogP contribution in [0.4, 0.5) is 0 Å². The fourth-order valence-corrected chi connectivity index (χ4v) is 2.57. The highest BCUT2D eigenvalue weighted by Crippen LogP contribution is 2.16. The summed E-state index contributed by atoms with van der Waals surface area (Å²) in [6.45, 7) is 6.98. The Hall–Kier alpha value is -0.900. The summed E-state index contributed by atoms with van der Waals surface area (Å²) in [5.74, 6) is 0. The molecule has 3 nitrogen and oxygen atoms in total. The van der Waals surface area contributed by atoms with Crippen molar-refractivity contribution in [3.05, 3.63) is 35.4 Å². The van der Waals surface area contributed by atoms with Gasteiger partial charge in [-0.2, -0.15) is 0 Å². The number of nitrogens with zero attached hydrogens (tertiary/aromatic N) is 1. The van der Waals surface area contributed by atoms with Gasteiger partial charge in [-0.25, -0.2) is 0 Å². The van der Waals surface area contributed by atoms with Gasteiger partial charge in [0.1, 0.15) is 0 Å². The maximum absolute atomic E-state index is 5.42. The van der Waals surface area contributed by atoms with E-state index in [1.807, 2.05) is 0 Å². The largest absolute Gasteiger partial charge is 0.381 e. The van der Waals surface area contributed by atoms with E-state index in [-0.39, 0.29) is 0 Å². The molecule has 0 unspecified atom stereocenters. The van der Waals surface area contributed by atoms with Crippen LogP contribution in [0.1, 0.15) is 30.9 Å². The standard InChI is InChI=1S/C16H26N2O/c1-3-17-12-14-4-6-15(7-5-14)13-18(2)16-8-10-19-11-9-16/h4-7,16-17H,3,8-13H2,1-2H3. The highest BCUT2D eigenvalue weighted by molar-refractivity contribution is 5.22. The van der Waals surface area contributed by atoms with Crippen LogP contribution in [-0.2, 0) is 17.8 Å². The number of rotatable bonds is 6. The molecule has 106 valence electrons. The summed E-state index contributed by atoms with van der Waals surface area (Å²) < 4.78 is 5.42. The van der Waals surface area contributed by atoms with Gasteiger partial charge in [0, 0.05) is 32.3 Å². The van der Waals surface area contributed by atoms with Crippen LogP contribution < -0.4 is 5.32 Å². The highest BCUT2D eigenvalue weighted by atomic mass is 16.5. The van der Waals surface area contributed by atoms with Crippen LogP contribution in [0.5, 0.6) is 0 Å². The molecule has 0 saturated carbocycles. The van der Waals surface area contributed by atoms with Gasteiger partial charge in [-0.05, 0) is 37.6 Å². The molecular weight excluding hydrogens is 236 g/mol. The Morgan fingerprint density at radius 3 is 2.42 bits per heavy atom. The van der Waals surface area contributed by atoms with Gasteiger partial charge < -0.3 is 10.1 Å². The minimum Gasteiger partial charge on any atom is -0.381 e. The number of ether oxygens (including phenoxy) is 1. The minimum absolute atomic E-state index is 0.676. The number of hydrogen-bond acceptors (Lipinski definition) is 3. The molecule has 1 N–H and O–H groups in total. The molecule has 0 aromatic heterocycles. The molecule has 1 aliphatic heterocycles. The van der Waals surface area contributed by atoms with Crippen molar-refractivity contribution in [3.63, 3.8) is 0 Å². The monoisotopic (exact) mass is 262 g/mol. The van der Waals surface area contributed by atoms with Gasteiger partial charge in [0.2, 0.25) is 0 Å². The summed E-state index contributed by atoms with van der Waals surface area (Å²) in [6.07, 6.45) is 2.32. The van der Waals surface area contributed by atoms with Gasteiger partial charge in [-0.15, -0.1) is 0 Å². The molecule has 0 atom stereocenters. The molecule has 3 heteroatoms. The van der Waals surface area contributed by atoms with Gasteiger partial charge in [-0.3, -0.25) is 4.90 Å². The average molecular weight is 262 g/mol. The van der Waals surface area contributed by atoms with Gasteiger partial charge in [0.15, 0.2) is 0 Å². The van der Waals surface area contributed by atoms with Crippen LogP contribution in [-0.4, -0.2) is 37.7 Å². The fourth-order valence-electron chi connectivity index (χ4n) is 2.57. The lowest BCUT2D eigenvalue weighted by molar-refractivity contribution is 0.0407. The van der Waals surface area contributed by atoms with Gasteiger partial charge >= 0.3 is 0 Å². The molecule has 0 spiro atoms. The zero-order chi connectivity index (χ0) is 13.5. The second-order valence-electron chi connectivity index (χ2n) is 5.36. The second kappa shape index (κ2) is 7.63. The Bertz CT molecular complexity index is 358. The molecule has 0 bridgehead atoms. The summed E-state index contributed by atoms with van der Waals surface area (Å²) in [5.41, 5.74) is 2.76. The summed E-state index contributed by atoms with van der Waals surface area (Å²) >= 11 is 0. The number of benzene rings is 1. The zero-order valence-corrected chi connectivity index (χ0v) is 12.2. The molecule has 19 heavy (non-hydrogen) atoms. The maximum Gasteiger partial charge on any atom is 0.0480 e. The van der Waals surface area contributed by atoms with E-state index in [4.69, 9.17) is 4.74 Å². The van der Waals surface area contributed by atoms with Crippen molar-refractivity contribution in [2.24, 2.45) is 0 Å². The predicted octanol–water partition coefficient (Wildman–Crippen LogP) is 2.41. The molecule has 0 aliphatic carbocycles. The molecule has 1 aliphatic rings. The Labute approximate surface area is 116 Å². The second-order valence-corrected chi connectivity index (χ2v) is 5.36. The van der Waals surface area contributed by atoms with E-state index < -0.39 is 0 Å². The van der Waals surface area contributed by atoms with Crippen LogP contribution >= 0.6 is 0 Å². The Balaban J connectivity index is 1.84. The fraction of sp³-hybridized carbons (Fsp3) is 0.625. The average Bonchev–Trinajstić information content (AvgIpc) is 2.47. The van der Waals surface area contributed by atoms with Crippen LogP contribution in [0.15, 0.2) is 24.3 Å². The van der Waals surface area contributed by atoms with E-state index in [1.54, 1.807) is 0 Å². The van der Waals surface area contributed by atoms with Crippen molar-refractivity contribution < 1.29 is 4.74 Å². The molecule has 1 heterocycles. The predicted molar refractivity (Wildman–Crippen MR) is 79.1 cm³/mol. The Kier molecular flexibility index (Phi) is 5.83. The first kappa shape index (κ1) is 14.5. The summed E-state index contributed by atoms with van der Waals surface area (Å²) in [7, 11) is 2.22. The van der Waals surface area contributed by atoms with E-state index in [0.29, 0.717) is 6.04 Å². The van der Waals surface area contributed by atoms with E-state index in [9.17, 15) is 0 Å². The van der Waals surface area contributed by atoms with Crippen LogP contribution in [0.2, 0.25) is 0 Å². The summed E-state index contributed by atoms with van der Waals surface area (Å²) in [4.78, 5) is 2.46. The molecule has 2 rings (SSSR count). The normalized spacial score (nSPS) is 17.0. The smallest absolute Gasteiger partial charge is 0.0480 e. The molecule has 1 aromatic rings. The highest BCUT2D eigenvalue weighted by Gasteiger charge is 2.18. The topological polar surface area (TPSA) is 24.5 Å². The molecular formula is C16H26N2O. The third-order valence-electron chi connectivity index (χ3n) is 3.85. The molecule has 1 fully saturated rings. The minimum atomic E-state index is 0.676. The van der Waals surface area contributed by atoms with Gasteiger partial charge in [-0.1, -0.05) is 31.2 Å². The summed E-state index contributed by atoms with van der Waals surface area (Å²) in [6, 6.07) is 9.64. The lowest BCUT2D eigenvalue weighted by atomic mass is 10.1.